The van der Waals surface area contributed by atoms with Gasteiger partial charge in [0.15, 0.2) is 5.69 Å². The van der Waals surface area contributed by atoms with Gasteiger partial charge in [-0.2, -0.15) is 5.10 Å². The average molecular weight is 263 g/mol. The first-order valence-electron chi connectivity index (χ1n) is 6.49. The summed E-state index contributed by atoms with van der Waals surface area (Å²) in [6, 6.07) is 3.39. The van der Waals surface area contributed by atoms with Crippen molar-refractivity contribution in [3.63, 3.8) is 0 Å². The van der Waals surface area contributed by atoms with E-state index >= 15 is 0 Å². The van der Waals surface area contributed by atoms with E-state index in [9.17, 15) is 4.79 Å². The van der Waals surface area contributed by atoms with E-state index in [4.69, 9.17) is 9.47 Å². The zero-order valence-corrected chi connectivity index (χ0v) is 10.9. The van der Waals surface area contributed by atoms with E-state index in [0.29, 0.717) is 18.8 Å². The van der Waals surface area contributed by atoms with Crippen LogP contribution in [-0.2, 0) is 9.47 Å². The second-order valence-corrected chi connectivity index (χ2v) is 5.04. The number of hydrogen-bond acceptors (Lipinski definition) is 5. The Morgan fingerprint density at radius 3 is 3.16 bits per heavy atom. The van der Waals surface area contributed by atoms with Crippen molar-refractivity contribution in [1.29, 1.82) is 0 Å². The fourth-order valence-electron chi connectivity index (χ4n) is 2.98. The lowest BCUT2D eigenvalue weighted by Crippen LogP contribution is -2.42. The molecule has 3 heterocycles. The number of methoxy groups -OCH3 is 1. The highest BCUT2D eigenvalue weighted by Gasteiger charge is 2.51. The van der Waals surface area contributed by atoms with Crippen LogP contribution in [0.5, 0.6) is 0 Å². The monoisotopic (exact) mass is 263 g/mol. The Hall–Kier alpha value is -1.53. The van der Waals surface area contributed by atoms with Crippen molar-refractivity contribution in [3.8, 4) is 0 Å². The average Bonchev–Trinajstić information content (AvgIpc) is 3.07. The Kier molecular flexibility index (Phi) is 3.20. The third kappa shape index (κ3) is 2.11. The zero-order valence-electron chi connectivity index (χ0n) is 10.9. The molecule has 6 heteroatoms. The molecule has 1 amide bonds. The first-order chi connectivity index (χ1) is 9.25. The third-order valence-corrected chi connectivity index (χ3v) is 3.93. The number of likely N-dealkylation sites (tertiary alicyclic amines) is 1. The fraction of sp³-hybridized carbons (Fsp3) is 0.615. The highest BCUT2D eigenvalue weighted by atomic mass is 16.6. The fourth-order valence-corrected chi connectivity index (χ4v) is 2.98. The number of rotatable bonds is 2. The standard InChI is InChI=1S/C13H17N3O3/c1-18-11-8-16(9-13(11)5-3-7-19-13)12(17)10-4-2-6-14-15-10/h2,4,6,11H,3,5,7-9H2,1H3/t11-,13-/m0/s1. The van der Waals surface area contributed by atoms with Crippen molar-refractivity contribution in [2.45, 2.75) is 24.5 Å². The van der Waals surface area contributed by atoms with Crippen molar-refractivity contribution >= 4 is 5.91 Å². The largest absolute Gasteiger partial charge is 0.377 e. The topological polar surface area (TPSA) is 64.5 Å². The van der Waals surface area contributed by atoms with Gasteiger partial charge in [-0.3, -0.25) is 4.79 Å². The molecule has 1 spiro atoms. The summed E-state index contributed by atoms with van der Waals surface area (Å²) < 4.78 is 11.4. The summed E-state index contributed by atoms with van der Waals surface area (Å²) >= 11 is 0. The summed E-state index contributed by atoms with van der Waals surface area (Å²) in [5, 5.41) is 7.61. The van der Waals surface area contributed by atoms with E-state index in [2.05, 4.69) is 10.2 Å². The van der Waals surface area contributed by atoms with Gasteiger partial charge in [0, 0.05) is 19.9 Å². The predicted molar refractivity (Wildman–Crippen MR) is 66.6 cm³/mol. The Morgan fingerprint density at radius 1 is 1.63 bits per heavy atom. The summed E-state index contributed by atoms with van der Waals surface area (Å²) in [4.78, 5) is 14.1. The number of hydrogen-bond donors (Lipinski definition) is 0. The maximum Gasteiger partial charge on any atom is 0.274 e. The Bertz CT molecular complexity index is 459. The normalized spacial score (nSPS) is 30.2. The van der Waals surface area contributed by atoms with Crippen LogP contribution < -0.4 is 0 Å². The van der Waals surface area contributed by atoms with Crippen LogP contribution >= 0.6 is 0 Å². The summed E-state index contributed by atoms with van der Waals surface area (Å²) in [6.45, 7) is 1.86. The second kappa shape index (κ2) is 4.86. The number of carbonyl (C=O) groups is 1. The van der Waals surface area contributed by atoms with Gasteiger partial charge in [-0.25, -0.2) is 0 Å². The van der Waals surface area contributed by atoms with Gasteiger partial charge < -0.3 is 14.4 Å². The Labute approximate surface area is 111 Å². The van der Waals surface area contributed by atoms with Crippen molar-refractivity contribution < 1.29 is 14.3 Å². The number of aromatic nitrogens is 2. The van der Waals surface area contributed by atoms with Crippen LogP contribution in [0.25, 0.3) is 0 Å². The molecule has 6 nitrogen and oxygen atoms in total. The van der Waals surface area contributed by atoms with E-state index in [1.807, 2.05) is 0 Å². The van der Waals surface area contributed by atoms with Gasteiger partial charge in [0.1, 0.15) is 11.7 Å². The molecule has 0 unspecified atom stereocenters. The molecule has 2 saturated heterocycles. The summed E-state index contributed by atoms with van der Waals surface area (Å²) in [5.74, 6) is -0.109. The van der Waals surface area contributed by atoms with Crippen molar-refractivity contribution in [2.24, 2.45) is 0 Å². The molecule has 1 aromatic heterocycles. The van der Waals surface area contributed by atoms with E-state index in [-0.39, 0.29) is 17.6 Å². The van der Waals surface area contributed by atoms with Crippen LogP contribution in [0, 0.1) is 0 Å². The van der Waals surface area contributed by atoms with E-state index < -0.39 is 0 Å². The molecule has 3 rings (SSSR count). The second-order valence-electron chi connectivity index (χ2n) is 5.04. The molecule has 0 N–H and O–H groups in total. The van der Waals surface area contributed by atoms with Gasteiger partial charge in [0.2, 0.25) is 0 Å². The van der Waals surface area contributed by atoms with Crippen LogP contribution in [0.2, 0.25) is 0 Å². The minimum Gasteiger partial charge on any atom is -0.377 e. The molecule has 0 aliphatic carbocycles. The molecular weight excluding hydrogens is 246 g/mol. The molecular formula is C13H17N3O3. The molecule has 2 aliphatic heterocycles. The molecule has 0 saturated carbocycles. The molecule has 2 atom stereocenters. The molecule has 0 bridgehead atoms. The van der Waals surface area contributed by atoms with Gasteiger partial charge in [0.05, 0.1) is 13.1 Å². The lowest BCUT2D eigenvalue weighted by molar-refractivity contribution is -0.0754. The van der Waals surface area contributed by atoms with Crippen molar-refractivity contribution in [1.82, 2.24) is 15.1 Å². The number of carbonyl (C=O) groups excluding carboxylic acids is 1. The van der Waals surface area contributed by atoms with Gasteiger partial charge >= 0.3 is 0 Å². The SMILES string of the molecule is CO[C@H]1CN(C(=O)c2cccnn2)C[C@@]12CCCO2. The summed E-state index contributed by atoms with van der Waals surface area (Å²) in [7, 11) is 1.67. The maximum absolute atomic E-state index is 12.4. The highest BCUT2D eigenvalue weighted by Crippen LogP contribution is 2.37. The summed E-state index contributed by atoms with van der Waals surface area (Å²) in [5.41, 5.74) is 0.0412. The van der Waals surface area contributed by atoms with Crippen LogP contribution in [0.1, 0.15) is 23.3 Å². The number of ether oxygens (including phenoxy) is 2. The Morgan fingerprint density at radius 2 is 2.53 bits per heavy atom. The minimum absolute atomic E-state index is 0.0596. The van der Waals surface area contributed by atoms with E-state index in [1.165, 1.54) is 0 Å². The minimum atomic E-state index is -0.327. The van der Waals surface area contributed by atoms with Crippen molar-refractivity contribution in [3.05, 3.63) is 24.0 Å². The first-order valence-corrected chi connectivity index (χ1v) is 6.49. The molecule has 19 heavy (non-hydrogen) atoms. The summed E-state index contributed by atoms with van der Waals surface area (Å²) in [6.07, 6.45) is 3.46. The molecule has 2 fully saturated rings. The Balaban J connectivity index is 1.79. The molecule has 102 valence electrons. The van der Waals surface area contributed by atoms with Crippen LogP contribution in [0.15, 0.2) is 18.3 Å². The van der Waals surface area contributed by atoms with Gasteiger partial charge in [-0.1, -0.05) is 0 Å². The highest BCUT2D eigenvalue weighted by molar-refractivity contribution is 5.92. The van der Waals surface area contributed by atoms with Crippen LogP contribution in [-0.4, -0.2) is 59.5 Å². The zero-order chi connectivity index (χ0) is 13.3. The lowest BCUT2D eigenvalue weighted by atomic mass is 9.96. The van der Waals surface area contributed by atoms with Gasteiger partial charge in [-0.05, 0) is 25.0 Å². The van der Waals surface area contributed by atoms with Crippen LogP contribution in [0.3, 0.4) is 0 Å². The van der Waals surface area contributed by atoms with Gasteiger partial charge in [-0.15, -0.1) is 5.10 Å². The first kappa shape index (κ1) is 12.5. The predicted octanol–water partition coefficient (Wildman–Crippen LogP) is 0.497. The lowest BCUT2D eigenvalue weighted by Gasteiger charge is -2.27. The smallest absolute Gasteiger partial charge is 0.274 e. The van der Waals surface area contributed by atoms with Gasteiger partial charge in [0.25, 0.3) is 5.91 Å². The molecule has 0 radical (unpaired) electrons. The van der Waals surface area contributed by atoms with Crippen molar-refractivity contribution in [2.75, 3.05) is 26.8 Å². The quantitative estimate of drug-likeness (QED) is 0.777. The molecule has 0 aromatic carbocycles. The van der Waals surface area contributed by atoms with E-state index in [1.54, 1.807) is 30.3 Å². The number of amides is 1. The maximum atomic E-state index is 12.4. The van der Waals surface area contributed by atoms with Crippen LogP contribution in [0.4, 0.5) is 0 Å². The number of nitrogens with zero attached hydrogens (tertiary/aromatic N) is 3. The molecule has 1 aromatic rings. The third-order valence-electron chi connectivity index (χ3n) is 3.93. The van der Waals surface area contributed by atoms with E-state index in [0.717, 1.165) is 19.4 Å². The molecule has 2 aliphatic rings.